The highest BCUT2D eigenvalue weighted by Crippen LogP contribution is 2.31. The van der Waals surface area contributed by atoms with Gasteiger partial charge >= 0.3 is 0 Å². The summed E-state index contributed by atoms with van der Waals surface area (Å²) in [5, 5.41) is 11.0. The standard InChI is InChI=1S/C12H16N2O2S3/c1-3-13-5-6-18-9(13)7-8(15)10-11(16)14(4-2)12(17)19-10/h7,16H,3-6H2,1-2H3. The molecule has 0 amide bonds. The van der Waals surface area contributed by atoms with Gasteiger partial charge in [0.15, 0.2) is 3.95 Å². The van der Waals surface area contributed by atoms with E-state index in [1.54, 1.807) is 22.4 Å². The molecule has 0 radical (unpaired) electrons. The van der Waals surface area contributed by atoms with Crippen LogP contribution in [-0.4, -0.2) is 39.2 Å². The predicted octanol–water partition coefficient (Wildman–Crippen LogP) is 3.10. The summed E-state index contributed by atoms with van der Waals surface area (Å²) in [6.07, 6.45) is 1.61. The quantitative estimate of drug-likeness (QED) is 0.525. The van der Waals surface area contributed by atoms with E-state index >= 15 is 0 Å². The molecule has 1 fully saturated rings. The number of aromatic nitrogens is 1. The fraction of sp³-hybridized carbons (Fsp3) is 0.500. The van der Waals surface area contributed by atoms with Crippen LogP contribution in [-0.2, 0) is 6.54 Å². The molecule has 1 aliphatic rings. The van der Waals surface area contributed by atoms with E-state index in [4.69, 9.17) is 12.2 Å². The predicted molar refractivity (Wildman–Crippen MR) is 82.6 cm³/mol. The molecule has 1 N–H and O–H groups in total. The molecule has 0 aliphatic carbocycles. The van der Waals surface area contributed by atoms with Gasteiger partial charge in [-0.2, -0.15) is 0 Å². The highest BCUT2D eigenvalue weighted by molar-refractivity contribution is 8.03. The summed E-state index contributed by atoms with van der Waals surface area (Å²) in [4.78, 5) is 14.7. The summed E-state index contributed by atoms with van der Waals surface area (Å²) in [5.41, 5.74) is 0. The third kappa shape index (κ3) is 2.88. The van der Waals surface area contributed by atoms with Crippen LogP contribution in [0.3, 0.4) is 0 Å². The molecule has 4 nitrogen and oxygen atoms in total. The van der Waals surface area contributed by atoms with Crippen LogP contribution in [0.25, 0.3) is 0 Å². The van der Waals surface area contributed by atoms with E-state index in [0.29, 0.717) is 15.4 Å². The minimum absolute atomic E-state index is 0.00889. The number of allylic oxidation sites excluding steroid dienone is 1. The molecule has 1 aromatic rings. The molecule has 0 atom stereocenters. The Balaban J connectivity index is 2.30. The molecule has 0 unspecified atom stereocenters. The second-order valence-electron chi connectivity index (χ2n) is 4.04. The first kappa shape index (κ1) is 14.6. The van der Waals surface area contributed by atoms with Crippen molar-refractivity contribution in [2.45, 2.75) is 20.4 Å². The zero-order valence-electron chi connectivity index (χ0n) is 10.9. The van der Waals surface area contributed by atoms with Gasteiger partial charge in [0, 0.05) is 31.5 Å². The first-order valence-electron chi connectivity index (χ1n) is 6.14. The van der Waals surface area contributed by atoms with E-state index in [1.807, 2.05) is 6.92 Å². The molecule has 2 heterocycles. The first-order chi connectivity index (χ1) is 9.08. The molecule has 1 aliphatic heterocycles. The smallest absolute Gasteiger partial charge is 0.214 e. The van der Waals surface area contributed by atoms with Crippen molar-refractivity contribution >= 4 is 41.1 Å². The monoisotopic (exact) mass is 316 g/mol. The second kappa shape index (κ2) is 6.11. The Morgan fingerprint density at radius 3 is 2.79 bits per heavy atom. The number of thioether (sulfide) groups is 1. The summed E-state index contributed by atoms with van der Waals surface area (Å²) in [5.74, 6) is 0.832. The summed E-state index contributed by atoms with van der Waals surface area (Å²) in [7, 11) is 0. The molecule has 7 heteroatoms. The molecule has 0 aromatic carbocycles. The number of hydrogen-bond donors (Lipinski definition) is 1. The van der Waals surface area contributed by atoms with E-state index < -0.39 is 0 Å². The third-order valence-electron chi connectivity index (χ3n) is 2.97. The lowest BCUT2D eigenvalue weighted by Crippen LogP contribution is -2.17. The number of thiazole rings is 1. The summed E-state index contributed by atoms with van der Waals surface area (Å²) in [6, 6.07) is 0. The van der Waals surface area contributed by atoms with Crippen molar-refractivity contribution in [3.05, 3.63) is 19.9 Å². The normalized spacial score (nSPS) is 17.4. The Morgan fingerprint density at radius 1 is 1.47 bits per heavy atom. The van der Waals surface area contributed by atoms with E-state index in [2.05, 4.69) is 11.8 Å². The average Bonchev–Trinajstić information content (AvgIpc) is 2.94. The fourth-order valence-corrected chi connectivity index (χ4v) is 4.36. The SMILES string of the molecule is CCN1CCSC1=CC(=O)c1sc(=S)n(CC)c1O. The number of carbonyl (C=O) groups is 1. The van der Waals surface area contributed by atoms with Crippen LogP contribution in [0.15, 0.2) is 11.1 Å². The molecule has 2 rings (SSSR count). The number of rotatable bonds is 4. The number of ketones is 1. The van der Waals surface area contributed by atoms with Crippen molar-refractivity contribution in [3.63, 3.8) is 0 Å². The number of aromatic hydroxyl groups is 1. The molecule has 0 spiro atoms. The Bertz CT molecular complexity index is 574. The topological polar surface area (TPSA) is 45.5 Å². The van der Waals surface area contributed by atoms with Gasteiger partial charge in [0.1, 0.15) is 4.88 Å². The van der Waals surface area contributed by atoms with Gasteiger partial charge in [-0.05, 0) is 26.1 Å². The highest BCUT2D eigenvalue weighted by atomic mass is 32.2. The Labute approximate surface area is 125 Å². The average molecular weight is 316 g/mol. The van der Waals surface area contributed by atoms with Crippen molar-refractivity contribution < 1.29 is 9.90 Å². The van der Waals surface area contributed by atoms with Crippen molar-refractivity contribution in [1.29, 1.82) is 0 Å². The van der Waals surface area contributed by atoms with E-state index in [1.165, 1.54) is 11.3 Å². The van der Waals surface area contributed by atoms with E-state index in [0.717, 1.165) is 23.9 Å². The minimum Gasteiger partial charge on any atom is -0.493 e. The Kier molecular flexibility index (Phi) is 4.70. The lowest BCUT2D eigenvalue weighted by atomic mass is 10.3. The largest absolute Gasteiger partial charge is 0.493 e. The van der Waals surface area contributed by atoms with Gasteiger partial charge in [0.25, 0.3) is 0 Å². The van der Waals surface area contributed by atoms with E-state index in [-0.39, 0.29) is 11.7 Å². The summed E-state index contributed by atoms with van der Waals surface area (Å²) >= 11 is 7.99. The van der Waals surface area contributed by atoms with Crippen LogP contribution < -0.4 is 0 Å². The maximum atomic E-state index is 12.2. The molecular weight excluding hydrogens is 300 g/mol. The fourth-order valence-electron chi connectivity index (χ4n) is 1.92. The molecule has 0 saturated carbocycles. The molecule has 19 heavy (non-hydrogen) atoms. The van der Waals surface area contributed by atoms with Crippen molar-refractivity contribution in [2.24, 2.45) is 0 Å². The van der Waals surface area contributed by atoms with Crippen LogP contribution in [0.4, 0.5) is 0 Å². The molecule has 1 saturated heterocycles. The van der Waals surface area contributed by atoms with Gasteiger partial charge in [0.05, 0.1) is 5.03 Å². The van der Waals surface area contributed by atoms with Gasteiger partial charge in [-0.1, -0.05) is 11.3 Å². The zero-order chi connectivity index (χ0) is 14.0. The molecule has 0 bridgehead atoms. The maximum Gasteiger partial charge on any atom is 0.214 e. The van der Waals surface area contributed by atoms with Crippen LogP contribution in [0, 0.1) is 3.95 Å². The van der Waals surface area contributed by atoms with Crippen molar-refractivity contribution in [1.82, 2.24) is 9.47 Å². The molecule has 1 aromatic heterocycles. The number of nitrogens with zero attached hydrogens (tertiary/aromatic N) is 2. The summed E-state index contributed by atoms with van der Waals surface area (Å²) < 4.78 is 2.11. The lowest BCUT2D eigenvalue weighted by Gasteiger charge is -2.15. The number of hydrogen-bond acceptors (Lipinski definition) is 6. The van der Waals surface area contributed by atoms with E-state index in [9.17, 15) is 9.90 Å². The first-order valence-corrected chi connectivity index (χ1v) is 8.35. The maximum absolute atomic E-state index is 12.2. The van der Waals surface area contributed by atoms with Crippen LogP contribution in [0.1, 0.15) is 23.5 Å². The second-order valence-corrected chi connectivity index (χ2v) is 6.80. The van der Waals surface area contributed by atoms with Gasteiger partial charge < -0.3 is 10.0 Å². The van der Waals surface area contributed by atoms with Crippen LogP contribution in [0.5, 0.6) is 5.88 Å². The highest BCUT2D eigenvalue weighted by Gasteiger charge is 2.21. The van der Waals surface area contributed by atoms with Crippen molar-refractivity contribution in [2.75, 3.05) is 18.8 Å². The number of carbonyl (C=O) groups excluding carboxylic acids is 1. The third-order valence-corrected chi connectivity index (χ3v) is 5.48. The molecule has 104 valence electrons. The van der Waals surface area contributed by atoms with Crippen LogP contribution >= 0.6 is 35.3 Å². The lowest BCUT2D eigenvalue weighted by molar-refractivity contribution is 0.104. The zero-order valence-corrected chi connectivity index (χ0v) is 13.3. The Hall–Kier alpha value is -0.790. The van der Waals surface area contributed by atoms with Gasteiger partial charge in [-0.3, -0.25) is 9.36 Å². The van der Waals surface area contributed by atoms with Gasteiger partial charge in [0.2, 0.25) is 11.7 Å². The Morgan fingerprint density at radius 2 is 2.21 bits per heavy atom. The summed E-state index contributed by atoms with van der Waals surface area (Å²) in [6.45, 7) is 6.39. The van der Waals surface area contributed by atoms with Crippen LogP contribution in [0.2, 0.25) is 0 Å². The van der Waals surface area contributed by atoms with Gasteiger partial charge in [-0.25, -0.2) is 0 Å². The molecular formula is C12H16N2O2S3. The minimum atomic E-state index is -0.163. The van der Waals surface area contributed by atoms with Crippen molar-refractivity contribution in [3.8, 4) is 5.88 Å². The van der Waals surface area contributed by atoms with Gasteiger partial charge in [-0.15, -0.1) is 11.8 Å².